The molecule has 0 fully saturated rings. The molecular weight excluding hydrogens is 384 g/mol. The Kier molecular flexibility index (Phi) is 11.2. The van der Waals surface area contributed by atoms with Gasteiger partial charge in [0.1, 0.15) is 19.0 Å². The summed E-state index contributed by atoms with van der Waals surface area (Å²) in [6, 6.07) is 14.6. The molecule has 0 radical (unpaired) electrons. The molecule has 7 heteroatoms. The van der Waals surface area contributed by atoms with Crippen molar-refractivity contribution in [2.24, 2.45) is 0 Å². The maximum absolute atomic E-state index is 12.0. The fraction of sp³-hybridized carbons (Fsp3) is 0.435. The number of anilines is 2. The van der Waals surface area contributed by atoms with Crippen molar-refractivity contribution in [3.05, 3.63) is 54.1 Å². The van der Waals surface area contributed by atoms with Crippen molar-refractivity contribution in [3.8, 4) is 5.75 Å². The Labute approximate surface area is 178 Å². The minimum absolute atomic E-state index is 0.200. The standard InChI is InChI=1S/C23H32N2O5/c1-2-3-12-25-20-10-8-19(9-11-20)23(26)30-18-16-28-14-13-27-15-17-29-22-7-5-4-6-21(22)24/h4-11,25H,2-3,12-18,24H2,1H3. The van der Waals surface area contributed by atoms with Crippen LogP contribution in [0.1, 0.15) is 30.1 Å². The SMILES string of the molecule is CCCCNc1ccc(C(=O)OCCOCCOCCOc2ccccc2N)cc1. The highest BCUT2D eigenvalue weighted by Crippen LogP contribution is 2.19. The fourth-order valence-electron chi connectivity index (χ4n) is 2.55. The molecule has 0 unspecified atom stereocenters. The molecule has 0 saturated carbocycles. The number of ether oxygens (including phenoxy) is 4. The molecule has 2 rings (SSSR count). The van der Waals surface area contributed by atoms with Crippen molar-refractivity contribution < 1.29 is 23.7 Å². The lowest BCUT2D eigenvalue weighted by Gasteiger charge is -2.10. The molecule has 3 N–H and O–H groups in total. The van der Waals surface area contributed by atoms with E-state index in [0.717, 1.165) is 25.1 Å². The largest absolute Gasteiger partial charge is 0.489 e. The van der Waals surface area contributed by atoms with Gasteiger partial charge in [-0.1, -0.05) is 25.5 Å². The highest BCUT2D eigenvalue weighted by Gasteiger charge is 2.06. The molecule has 0 aliphatic rings. The number of benzene rings is 2. The Balaban J connectivity index is 1.46. The van der Waals surface area contributed by atoms with E-state index < -0.39 is 0 Å². The number of para-hydroxylation sites is 2. The van der Waals surface area contributed by atoms with Crippen molar-refractivity contribution in [3.63, 3.8) is 0 Å². The van der Waals surface area contributed by atoms with Gasteiger partial charge >= 0.3 is 5.97 Å². The van der Waals surface area contributed by atoms with Gasteiger partial charge in [0.05, 0.1) is 37.7 Å². The van der Waals surface area contributed by atoms with Crippen molar-refractivity contribution in [1.29, 1.82) is 0 Å². The number of nitrogen functional groups attached to an aromatic ring is 1. The molecular formula is C23H32N2O5. The van der Waals surface area contributed by atoms with Gasteiger partial charge < -0.3 is 30.0 Å². The minimum atomic E-state index is -0.354. The zero-order chi connectivity index (χ0) is 21.4. The molecule has 0 saturated heterocycles. The molecule has 30 heavy (non-hydrogen) atoms. The second kappa shape index (κ2) is 14.3. The van der Waals surface area contributed by atoms with Crippen molar-refractivity contribution >= 4 is 17.3 Å². The number of carbonyl (C=O) groups is 1. The Morgan fingerprint density at radius 1 is 0.900 bits per heavy atom. The van der Waals surface area contributed by atoms with E-state index in [-0.39, 0.29) is 12.6 Å². The highest BCUT2D eigenvalue weighted by molar-refractivity contribution is 5.89. The number of rotatable bonds is 15. The predicted molar refractivity (Wildman–Crippen MR) is 118 cm³/mol. The first-order chi connectivity index (χ1) is 14.7. The first kappa shape index (κ1) is 23.5. The van der Waals surface area contributed by atoms with Crippen LogP contribution in [0.3, 0.4) is 0 Å². The predicted octanol–water partition coefficient (Wildman–Crippen LogP) is 3.75. The van der Waals surface area contributed by atoms with Crippen molar-refractivity contribution in [2.75, 3.05) is 57.2 Å². The van der Waals surface area contributed by atoms with Gasteiger partial charge in [-0.3, -0.25) is 0 Å². The Morgan fingerprint density at radius 2 is 1.57 bits per heavy atom. The van der Waals surface area contributed by atoms with Gasteiger partial charge in [0, 0.05) is 12.2 Å². The van der Waals surface area contributed by atoms with Gasteiger partial charge in [-0.25, -0.2) is 4.79 Å². The van der Waals surface area contributed by atoms with E-state index in [1.54, 1.807) is 18.2 Å². The zero-order valence-corrected chi connectivity index (χ0v) is 17.6. The van der Waals surface area contributed by atoms with Crippen LogP contribution < -0.4 is 15.8 Å². The van der Waals surface area contributed by atoms with Crippen LogP contribution in [-0.4, -0.2) is 52.2 Å². The molecule has 0 amide bonds. The molecule has 7 nitrogen and oxygen atoms in total. The first-order valence-corrected chi connectivity index (χ1v) is 10.3. The quantitative estimate of drug-likeness (QED) is 0.259. The number of hydrogen-bond acceptors (Lipinski definition) is 7. The topological polar surface area (TPSA) is 92.0 Å². The maximum Gasteiger partial charge on any atom is 0.338 e. The Morgan fingerprint density at radius 3 is 2.27 bits per heavy atom. The first-order valence-electron chi connectivity index (χ1n) is 10.3. The fourth-order valence-corrected chi connectivity index (χ4v) is 2.55. The van der Waals surface area contributed by atoms with Crippen LogP contribution >= 0.6 is 0 Å². The molecule has 2 aromatic rings. The Hall–Kier alpha value is -2.77. The van der Waals surface area contributed by atoms with Gasteiger partial charge in [-0.2, -0.15) is 0 Å². The third-order valence-electron chi connectivity index (χ3n) is 4.22. The summed E-state index contributed by atoms with van der Waals surface area (Å²) in [6.07, 6.45) is 2.26. The smallest absolute Gasteiger partial charge is 0.338 e. The maximum atomic E-state index is 12.0. The van der Waals surface area contributed by atoms with E-state index in [9.17, 15) is 4.79 Å². The number of unbranched alkanes of at least 4 members (excludes halogenated alkanes) is 1. The van der Waals surface area contributed by atoms with Crippen molar-refractivity contribution in [1.82, 2.24) is 0 Å². The third kappa shape index (κ3) is 9.15. The molecule has 0 atom stereocenters. The van der Waals surface area contributed by atoms with Crippen molar-refractivity contribution in [2.45, 2.75) is 19.8 Å². The number of carbonyl (C=O) groups excluding carboxylic acids is 1. The molecule has 0 heterocycles. The van der Waals surface area contributed by atoms with Gasteiger partial charge in [0.25, 0.3) is 0 Å². The van der Waals surface area contributed by atoms with Crippen LogP contribution in [0.15, 0.2) is 48.5 Å². The minimum Gasteiger partial charge on any atom is -0.489 e. The monoisotopic (exact) mass is 416 g/mol. The second-order valence-electron chi connectivity index (χ2n) is 6.60. The third-order valence-corrected chi connectivity index (χ3v) is 4.22. The lowest BCUT2D eigenvalue weighted by Crippen LogP contribution is -2.14. The van der Waals surface area contributed by atoms with Crippen LogP contribution in [0.25, 0.3) is 0 Å². The lowest BCUT2D eigenvalue weighted by atomic mass is 10.2. The van der Waals surface area contributed by atoms with Crippen LogP contribution in [0, 0.1) is 0 Å². The van der Waals surface area contributed by atoms with Gasteiger partial charge in [-0.05, 0) is 42.8 Å². The molecule has 2 aromatic carbocycles. The second-order valence-corrected chi connectivity index (χ2v) is 6.60. The Bertz CT molecular complexity index is 737. The number of esters is 1. The average molecular weight is 417 g/mol. The summed E-state index contributed by atoms with van der Waals surface area (Å²) in [7, 11) is 0. The van der Waals surface area contributed by atoms with E-state index in [4.69, 9.17) is 24.7 Å². The summed E-state index contributed by atoms with van der Waals surface area (Å²) in [4.78, 5) is 12.0. The molecule has 0 aliphatic heterocycles. The summed E-state index contributed by atoms with van der Waals surface area (Å²) >= 11 is 0. The van der Waals surface area contributed by atoms with E-state index in [1.165, 1.54) is 0 Å². The number of nitrogens with two attached hydrogens (primary N) is 1. The number of hydrogen-bond donors (Lipinski definition) is 2. The number of nitrogens with one attached hydrogen (secondary N) is 1. The van der Waals surface area contributed by atoms with E-state index in [2.05, 4.69) is 12.2 Å². The van der Waals surface area contributed by atoms with Crippen LogP contribution in [-0.2, 0) is 14.2 Å². The molecule has 164 valence electrons. The highest BCUT2D eigenvalue weighted by atomic mass is 16.6. The van der Waals surface area contributed by atoms with E-state index in [0.29, 0.717) is 50.0 Å². The summed E-state index contributed by atoms with van der Waals surface area (Å²) in [6.45, 7) is 5.31. The van der Waals surface area contributed by atoms with E-state index >= 15 is 0 Å². The molecule has 0 aromatic heterocycles. The van der Waals surface area contributed by atoms with Gasteiger partial charge in [0.2, 0.25) is 0 Å². The van der Waals surface area contributed by atoms with Gasteiger partial charge in [-0.15, -0.1) is 0 Å². The summed E-state index contributed by atoms with van der Waals surface area (Å²) in [5.41, 5.74) is 7.93. The molecule has 0 bridgehead atoms. The van der Waals surface area contributed by atoms with Crippen LogP contribution in [0.5, 0.6) is 5.75 Å². The zero-order valence-electron chi connectivity index (χ0n) is 17.6. The molecule has 0 aliphatic carbocycles. The summed E-state index contributed by atoms with van der Waals surface area (Å²) in [5.74, 6) is 0.300. The normalized spacial score (nSPS) is 10.6. The molecule has 0 spiro atoms. The summed E-state index contributed by atoms with van der Waals surface area (Å²) < 4.78 is 21.6. The average Bonchev–Trinajstić information content (AvgIpc) is 2.76. The van der Waals surface area contributed by atoms with Gasteiger partial charge in [0.15, 0.2) is 0 Å². The van der Waals surface area contributed by atoms with E-state index in [1.807, 2.05) is 30.3 Å². The van der Waals surface area contributed by atoms with Crippen LogP contribution in [0.2, 0.25) is 0 Å². The summed E-state index contributed by atoms with van der Waals surface area (Å²) in [5, 5.41) is 3.31. The van der Waals surface area contributed by atoms with Crippen LogP contribution in [0.4, 0.5) is 11.4 Å². The lowest BCUT2D eigenvalue weighted by molar-refractivity contribution is 0.0106.